The van der Waals surface area contributed by atoms with E-state index < -0.39 is 29.9 Å². The SMILES string of the molecule is CCC1CC(=O)N(CCCCCC(=O)NC(C(=O)NC(CCCNC(N)=O)C(=O)Nc2ccc(COC(=O)C(C)C)cc2)C(C)C)C1=O. The first-order valence-corrected chi connectivity index (χ1v) is 16.8. The maximum Gasteiger partial charge on any atom is 0.312 e. The lowest BCUT2D eigenvalue weighted by Gasteiger charge is -2.25. The third-order valence-corrected chi connectivity index (χ3v) is 8.06. The molecule has 0 spiro atoms. The third kappa shape index (κ3) is 13.3. The molecular formula is C34H52N6O8. The summed E-state index contributed by atoms with van der Waals surface area (Å²) in [5, 5.41) is 10.8. The smallest absolute Gasteiger partial charge is 0.312 e. The van der Waals surface area contributed by atoms with E-state index in [1.807, 2.05) is 6.92 Å². The van der Waals surface area contributed by atoms with Gasteiger partial charge in [0, 0.05) is 37.5 Å². The zero-order chi connectivity index (χ0) is 35.8. The number of imide groups is 1. The number of carbonyl (C=O) groups excluding carboxylic acids is 7. The molecular weight excluding hydrogens is 620 g/mol. The first-order valence-electron chi connectivity index (χ1n) is 16.8. The van der Waals surface area contributed by atoms with Crippen molar-refractivity contribution >= 4 is 47.2 Å². The summed E-state index contributed by atoms with van der Waals surface area (Å²) in [6.45, 7) is 9.57. The van der Waals surface area contributed by atoms with Gasteiger partial charge in [-0.25, -0.2) is 4.79 Å². The Hall–Kier alpha value is -4.49. The zero-order valence-corrected chi connectivity index (χ0v) is 28.8. The minimum Gasteiger partial charge on any atom is -0.461 e. The van der Waals surface area contributed by atoms with E-state index in [1.54, 1.807) is 52.0 Å². The maximum atomic E-state index is 13.4. The van der Waals surface area contributed by atoms with E-state index in [1.165, 1.54) is 4.90 Å². The number of rotatable bonds is 20. The van der Waals surface area contributed by atoms with E-state index in [9.17, 15) is 33.6 Å². The Labute approximate surface area is 282 Å². The normalized spacial score (nSPS) is 15.6. The summed E-state index contributed by atoms with van der Waals surface area (Å²) in [5.74, 6) is -2.70. The number of urea groups is 1. The van der Waals surface area contributed by atoms with Crippen molar-refractivity contribution in [1.82, 2.24) is 20.9 Å². The molecule has 1 saturated heterocycles. The summed E-state index contributed by atoms with van der Waals surface area (Å²) < 4.78 is 5.23. The molecule has 266 valence electrons. The number of esters is 1. The topological polar surface area (TPSA) is 206 Å². The minimum atomic E-state index is -0.986. The fourth-order valence-electron chi connectivity index (χ4n) is 5.10. The van der Waals surface area contributed by atoms with Crippen molar-refractivity contribution in [2.75, 3.05) is 18.4 Å². The Balaban J connectivity index is 1.94. The maximum absolute atomic E-state index is 13.4. The van der Waals surface area contributed by atoms with Crippen molar-refractivity contribution in [2.45, 2.75) is 105 Å². The van der Waals surface area contributed by atoms with Crippen molar-refractivity contribution < 1.29 is 38.3 Å². The molecule has 1 fully saturated rings. The standard InChI is InChI=1S/C34H52N6O8/c1-6-24-19-28(42)40(32(24)45)18-9-7-8-12-27(41)39-29(21(2)3)31(44)38-26(11-10-17-36-34(35)47)30(43)37-25-15-13-23(14-16-25)20-48-33(46)22(4)5/h13-16,21-22,24,26,29H,6-12,17-20H2,1-5H3,(H,37,43)(H,38,44)(H,39,41)(H3,35,36,47). The van der Waals surface area contributed by atoms with E-state index in [0.29, 0.717) is 44.3 Å². The van der Waals surface area contributed by atoms with Gasteiger partial charge in [0.15, 0.2) is 0 Å². The Bertz CT molecular complexity index is 1280. The van der Waals surface area contributed by atoms with Gasteiger partial charge in [0.25, 0.3) is 0 Å². The van der Waals surface area contributed by atoms with Gasteiger partial charge >= 0.3 is 12.0 Å². The zero-order valence-electron chi connectivity index (χ0n) is 28.8. The van der Waals surface area contributed by atoms with Gasteiger partial charge < -0.3 is 31.7 Å². The summed E-state index contributed by atoms with van der Waals surface area (Å²) >= 11 is 0. The van der Waals surface area contributed by atoms with Crippen LogP contribution in [0.2, 0.25) is 0 Å². The average molecular weight is 673 g/mol. The number of ether oxygens (including phenoxy) is 1. The van der Waals surface area contributed by atoms with Crippen LogP contribution in [-0.4, -0.2) is 71.6 Å². The molecule has 48 heavy (non-hydrogen) atoms. The fraction of sp³-hybridized carbons (Fsp3) is 0.618. The monoisotopic (exact) mass is 672 g/mol. The number of anilines is 1. The van der Waals surface area contributed by atoms with Crippen LogP contribution in [0.3, 0.4) is 0 Å². The predicted molar refractivity (Wildman–Crippen MR) is 179 cm³/mol. The number of likely N-dealkylation sites (tertiary alicyclic amines) is 1. The van der Waals surface area contributed by atoms with Crippen LogP contribution in [0.4, 0.5) is 10.5 Å². The van der Waals surface area contributed by atoms with Gasteiger partial charge in [-0.1, -0.05) is 53.2 Å². The highest BCUT2D eigenvalue weighted by Gasteiger charge is 2.36. The van der Waals surface area contributed by atoms with Gasteiger partial charge in [-0.2, -0.15) is 0 Å². The number of unbranched alkanes of at least 4 members (excludes halogenated alkanes) is 2. The van der Waals surface area contributed by atoms with Crippen molar-refractivity contribution in [3.63, 3.8) is 0 Å². The predicted octanol–water partition coefficient (Wildman–Crippen LogP) is 2.74. The number of amides is 7. The Morgan fingerprint density at radius 2 is 1.62 bits per heavy atom. The molecule has 0 radical (unpaired) electrons. The number of benzene rings is 1. The molecule has 0 saturated carbocycles. The van der Waals surface area contributed by atoms with E-state index in [2.05, 4.69) is 21.3 Å². The molecule has 1 aromatic carbocycles. The molecule has 0 bridgehead atoms. The molecule has 3 atom stereocenters. The van der Waals surface area contributed by atoms with Gasteiger partial charge in [-0.05, 0) is 55.7 Å². The summed E-state index contributed by atoms with van der Waals surface area (Å²) in [6.07, 6.45) is 3.31. The van der Waals surface area contributed by atoms with Crippen molar-refractivity contribution in [3.8, 4) is 0 Å². The fourth-order valence-corrected chi connectivity index (χ4v) is 5.10. The van der Waals surface area contributed by atoms with Crippen LogP contribution in [0, 0.1) is 17.8 Å². The van der Waals surface area contributed by atoms with Crippen LogP contribution in [0.5, 0.6) is 0 Å². The number of hydrogen-bond acceptors (Lipinski definition) is 8. The largest absolute Gasteiger partial charge is 0.461 e. The molecule has 14 nitrogen and oxygen atoms in total. The molecule has 0 aliphatic carbocycles. The van der Waals surface area contributed by atoms with Gasteiger partial charge in [0.2, 0.25) is 29.5 Å². The van der Waals surface area contributed by atoms with Crippen molar-refractivity contribution in [1.29, 1.82) is 0 Å². The number of carbonyl (C=O) groups is 7. The van der Waals surface area contributed by atoms with Crippen LogP contribution < -0.4 is 27.0 Å². The van der Waals surface area contributed by atoms with E-state index in [-0.39, 0.29) is 73.9 Å². The summed E-state index contributed by atoms with van der Waals surface area (Å²) in [5.41, 5.74) is 6.34. The Morgan fingerprint density at radius 3 is 2.21 bits per heavy atom. The second-order valence-corrected chi connectivity index (χ2v) is 12.7. The molecule has 3 unspecified atom stereocenters. The second-order valence-electron chi connectivity index (χ2n) is 12.7. The van der Waals surface area contributed by atoms with Crippen molar-refractivity contribution in [3.05, 3.63) is 29.8 Å². The molecule has 14 heteroatoms. The van der Waals surface area contributed by atoms with E-state index in [4.69, 9.17) is 10.5 Å². The first-order chi connectivity index (χ1) is 22.7. The highest BCUT2D eigenvalue weighted by molar-refractivity contribution is 6.03. The van der Waals surface area contributed by atoms with Crippen molar-refractivity contribution in [2.24, 2.45) is 23.5 Å². The molecule has 6 N–H and O–H groups in total. The van der Waals surface area contributed by atoms with Crippen LogP contribution in [0.15, 0.2) is 24.3 Å². The Kier molecular flexibility index (Phi) is 16.5. The minimum absolute atomic E-state index is 0.0964. The summed E-state index contributed by atoms with van der Waals surface area (Å²) in [4.78, 5) is 88.0. The highest BCUT2D eigenvalue weighted by atomic mass is 16.5. The van der Waals surface area contributed by atoms with Gasteiger partial charge in [0.1, 0.15) is 18.7 Å². The molecule has 1 aliphatic heterocycles. The highest BCUT2D eigenvalue weighted by Crippen LogP contribution is 2.23. The summed E-state index contributed by atoms with van der Waals surface area (Å²) in [6, 6.07) is 4.14. The lowest BCUT2D eigenvalue weighted by Crippen LogP contribution is -2.54. The third-order valence-electron chi connectivity index (χ3n) is 8.06. The van der Waals surface area contributed by atoms with Crippen LogP contribution in [0.1, 0.15) is 91.5 Å². The van der Waals surface area contributed by atoms with Crippen LogP contribution in [0.25, 0.3) is 0 Å². The molecule has 1 heterocycles. The second kappa shape index (κ2) is 20.0. The average Bonchev–Trinajstić information content (AvgIpc) is 3.31. The lowest BCUT2D eigenvalue weighted by molar-refractivity contribution is -0.148. The molecule has 1 aromatic rings. The first kappa shape index (κ1) is 39.7. The number of hydrogen-bond donors (Lipinski definition) is 5. The number of nitrogens with two attached hydrogens (primary N) is 1. The van der Waals surface area contributed by atoms with E-state index >= 15 is 0 Å². The van der Waals surface area contributed by atoms with E-state index in [0.717, 1.165) is 5.56 Å². The number of nitrogens with one attached hydrogen (secondary N) is 4. The Morgan fingerprint density at radius 1 is 0.938 bits per heavy atom. The summed E-state index contributed by atoms with van der Waals surface area (Å²) in [7, 11) is 0. The molecule has 0 aromatic heterocycles. The number of primary amides is 1. The molecule has 7 amide bonds. The lowest BCUT2D eigenvalue weighted by atomic mass is 10.0. The molecule has 1 aliphatic rings. The van der Waals surface area contributed by atoms with Gasteiger partial charge in [-0.15, -0.1) is 0 Å². The van der Waals surface area contributed by atoms with Crippen LogP contribution >= 0.6 is 0 Å². The molecule has 2 rings (SSSR count). The van der Waals surface area contributed by atoms with Crippen LogP contribution in [-0.2, 0) is 40.1 Å². The van der Waals surface area contributed by atoms with Gasteiger partial charge in [0.05, 0.1) is 5.92 Å². The quantitative estimate of drug-likeness (QED) is 0.0789. The van der Waals surface area contributed by atoms with Gasteiger partial charge in [-0.3, -0.25) is 33.7 Å². The number of nitrogens with zero attached hydrogens (tertiary/aromatic N) is 1.